The number of aliphatic imine (C=N–C) groups is 1. The second-order valence-electron chi connectivity index (χ2n) is 3.42. The highest BCUT2D eigenvalue weighted by atomic mass is 15.2. The Bertz CT molecular complexity index is 143. The van der Waals surface area contributed by atoms with Crippen molar-refractivity contribution in [3.8, 4) is 0 Å². The molecule has 0 unspecified atom stereocenters. The van der Waals surface area contributed by atoms with Crippen LogP contribution in [0, 0.1) is 5.92 Å². The number of nitrogens with one attached hydrogen (secondary N) is 2. The van der Waals surface area contributed by atoms with Crippen LogP contribution in [-0.2, 0) is 0 Å². The first-order valence-electron chi connectivity index (χ1n) is 4.85. The maximum Gasteiger partial charge on any atom is 0.191 e. The van der Waals surface area contributed by atoms with Gasteiger partial charge in [-0.2, -0.15) is 0 Å². The van der Waals surface area contributed by atoms with Gasteiger partial charge in [0, 0.05) is 13.6 Å². The average molecular weight is 186 g/mol. The van der Waals surface area contributed by atoms with Crippen molar-refractivity contribution in [1.82, 2.24) is 10.6 Å². The van der Waals surface area contributed by atoms with Crippen LogP contribution in [0.15, 0.2) is 4.99 Å². The van der Waals surface area contributed by atoms with E-state index in [0.717, 1.165) is 18.4 Å². The molecule has 4 heteroatoms. The van der Waals surface area contributed by atoms with Crippen LogP contribution in [0.25, 0.3) is 0 Å². The highest BCUT2D eigenvalue weighted by Crippen LogP contribution is 2.01. The predicted octanol–water partition coefficient (Wildman–Crippen LogP) is 0.504. The van der Waals surface area contributed by atoms with E-state index in [1.165, 1.54) is 12.8 Å². The molecular weight excluding hydrogens is 164 g/mol. The minimum absolute atomic E-state index is 0.420. The smallest absolute Gasteiger partial charge is 0.191 e. The Kier molecular flexibility index (Phi) is 7.39. The second-order valence-corrected chi connectivity index (χ2v) is 3.42. The molecule has 0 saturated carbocycles. The van der Waals surface area contributed by atoms with Crippen LogP contribution in [0.4, 0.5) is 0 Å². The standard InChI is InChI=1S/C9H22N4/c1-8(2)5-4-6-12-9(11-3)13-7-10/h8H,4-7,10H2,1-3H3,(H2,11,12,13). The first kappa shape index (κ1) is 12.2. The Labute approximate surface area is 81.0 Å². The fourth-order valence-corrected chi connectivity index (χ4v) is 1.03. The summed E-state index contributed by atoms with van der Waals surface area (Å²) >= 11 is 0. The van der Waals surface area contributed by atoms with Crippen LogP contribution in [0.2, 0.25) is 0 Å². The van der Waals surface area contributed by atoms with E-state index in [1.54, 1.807) is 7.05 Å². The first-order valence-corrected chi connectivity index (χ1v) is 4.85. The zero-order chi connectivity index (χ0) is 10.1. The predicted molar refractivity (Wildman–Crippen MR) is 57.6 cm³/mol. The molecule has 0 fully saturated rings. The van der Waals surface area contributed by atoms with Gasteiger partial charge in [0.05, 0.1) is 6.67 Å². The Balaban J connectivity index is 3.39. The number of nitrogens with two attached hydrogens (primary N) is 1. The summed E-state index contributed by atoms with van der Waals surface area (Å²) in [5, 5.41) is 6.12. The molecule has 0 aliphatic rings. The van der Waals surface area contributed by atoms with Crippen molar-refractivity contribution in [3.63, 3.8) is 0 Å². The Morgan fingerprint density at radius 3 is 2.54 bits per heavy atom. The van der Waals surface area contributed by atoms with Crippen LogP contribution >= 0.6 is 0 Å². The zero-order valence-electron chi connectivity index (χ0n) is 8.93. The summed E-state index contributed by atoms with van der Waals surface area (Å²) in [5.74, 6) is 1.55. The Morgan fingerprint density at radius 2 is 2.08 bits per heavy atom. The molecule has 0 saturated heterocycles. The van der Waals surface area contributed by atoms with Crippen molar-refractivity contribution in [2.45, 2.75) is 26.7 Å². The summed E-state index contributed by atoms with van der Waals surface area (Å²) in [5.41, 5.74) is 5.33. The van der Waals surface area contributed by atoms with E-state index in [-0.39, 0.29) is 0 Å². The Morgan fingerprint density at radius 1 is 1.38 bits per heavy atom. The maximum absolute atomic E-state index is 5.33. The number of nitrogens with zero attached hydrogens (tertiary/aromatic N) is 1. The van der Waals surface area contributed by atoms with Crippen molar-refractivity contribution in [1.29, 1.82) is 0 Å². The van der Waals surface area contributed by atoms with Gasteiger partial charge in [-0.1, -0.05) is 13.8 Å². The van der Waals surface area contributed by atoms with Gasteiger partial charge in [-0.15, -0.1) is 0 Å². The third-order valence-electron chi connectivity index (χ3n) is 1.74. The van der Waals surface area contributed by atoms with Crippen LogP contribution < -0.4 is 16.4 Å². The van der Waals surface area contributed by atoms with Gasteiger partial charge >= 0.3 is 0 Å². The molecule has 0 spiro atoms. The van der Waals surface area contributed by atoms with Gasteiger partial charge < -0.3 is 16.4 Å². The van der Waals surface area contributed by atoms with E-state index in [0.29, 0.717) is 6.67 Å². The number of hydrogen-bond acceptors (Lipinski definition) is 2. The number of guanidine groups is 1. The molecular formula is C9H22N4. The summed E-state index contributed by atoms with van der Waals surface area (Å²) in [6.45, 7) is 5.83. The van der Waals surface area contributed by atoms with Gasteiger partial charge in [0.1, 0.15) is 0 Å². The third-order valence-corrected chi connectivity index (χ3v) is 1.74. The van der Waals surface area contributed by atoms with Gasteiger partial charge in [0.2, 0.25) is 0 Å². The van der Waals surface area contributed by atoms with E-state index in [1.807, 2.05) is 0 Å². The lowest BCUT2D eigenvalue weighted by Crippen LogP contribution is -2.40. The highest BCUT2D eigenvalue weighted by molar-refractivity contribution is 5.79. The molecule has 0 amide bonds. The summed E-state index contributed by atoms with van der Waals surface area (Å²) in [6.07, 6.45) is 2.41. The van der Waals surface area contributed by atoms with Crippen LogP contribution in [-0.4, -0.2) is 26.2 Å². The molecule has 13 heavy (non-hydrogen) atoms. The summed E-state index contributed by atoms with van der Waals surface area (Å²) in [4.78, 5) is 4.01. The molecule has 0 rings (SSSR count). The minimum atomic E-state index is 0.420. The average Bonchev–Trinajstić information content (AvgIpc) is 2.10. The van der Waals surface area contributed by atoms with E-state index < -0.39 is 0 Å². The summed E-state index contributed by atoms with van der Waals surface area (Å²) < 4.78 is 0. The highest BCUT2D eigenvalue weighted by Gasteiger charge is 1.96. The van der Waals surface area contributed by atoms with Gasteiger partial charge in [0.25, 0.3) is 0 Å². The van der Waals surface area contributed by atoms with Crippen LogP contribution in [0.3, 0.4) is 0 Å². The van der Waals surface area contributed by atoms with E-state index in [9.17, 15) is 0 Å². The SMILES string of the molecule is CN=C(NCN)NCCCC(C)C. The van der Waals surface area contributed by atoms with E-state index in [4.69, 9.17) is 5.73 Å². The van der Waals surface area contributed by atoms with Gasteiger partial charge in [-0.25, -0.2) is 0 Å². The lowest BCUT2D eigenvalue weighted by Gasteiger charge is -2.10. The fraction of sp³-hybridized carbons (Fsp3) is 0.889. The topological polar surface area (TPSA) is 62.4 Å². The maximum atomic E-state index is 5.33. The second kappa shape index (κ2) is 7.86. The summed E-state index contributed by atoms with van der Waals surface area (Å²) in [7, 11) is 1.74. The molecule has 0 aromatic carbocycles. The van der Waals surface area contributed by atoms with E-state index in [2.05, 4.69) is 29.5 Å². The van der Waals surface area contributed by atoms with Gasteiger partial charge in [-0.05, 0) is 18.8 Å². The number of rotatable bonds is 5. The molecule has 0 aliphatic heterocycles. The lowest BCUT2D eigenvalue weighted by atomic mass is 10.1. The van der Waals surface area contributed by atoms with Crippen molar-refractivity contribution in [2.24, 2.45) is 16.6 Å². The normalized spacial score (nSPS) is 11.9. The third kappa shape index (κ3) is 7.59. The van der Waals surface area contributed by atoms with Gasteiger partial charge in [-0.3, -0.25) is 4.99 Å². The number of hydrogen-bond donors (Lipinski definition) is 3. The van der Waals surface area contributed by atoms with Crippen molar-refractivity contribution in [3.05, 3.63) is 0 Å². The monoisotopic (exact) mass is 186 g/mol. The lowest BCUT2D eigenvalue weighted by molar-refractivity contribution is 0.549. The molecule has 0 radical (unpaired) electrons. The van der Waals surface area contributed by atoms with E-state index >= 15 is 0 Å². The summed E-state index contributed by atoms with van der Waals surface area (Å²) in [6, 6.07) is 0. The largest absolute Gasteiger partial charge is 0.356 e. The minimum Gasteiger partial charge on any atom is -0.356 e. The quantitative estimate of drug-likeness (QED) is 0.254. The zero-order valence-corrected chi connectivity index (χ0v) is 8.93. The fourth-order valence-electron chi connectivity index (χ4n) is 1.03. The molecule has 4 nitrogen and oxygen atoms in total. The van der Waals surface area contributed by atoms with Gasteiger partial charge in [0.15, 0.2) is 5.96 Å². The molecule has 78 valence electrons. The molecule has 0 aliphatic carbocycles. The molecule has 0 aromatic rings. The van der Waals surface area contributed by atoms with Crippen molar-refractivity contribution < 1.29 is 0 Å². The molecule has 0 atom stereocenters. The van der Waals surface area contributed by atoms with Crippen LogP contribution in [0.1, 0.15) is 26.7 Å². The van der Waals surface area contributed by atoms with Crippen LogP contribution in [0.5, 0.6) is 0 Å². The van der Waals surface area contributed by atoms with Crippen molar-refractivity contribution in [2.75, 3.05) is 20.3 Å². The molecule has 0 bridgehead atoms. The molecule has 0 aromatic heterocycles. The molecule has 0 heterocycles. The van der Waals surface area contributed by atoms with Crippen molar-refractivity contribution >= 4 is 5.96 Å². The first-order chi connectivity index (χ1) is 6.20. The molecule has 4 N–H and O–H groups in total. The Hall–Kier alpha value is -0.770.